The van der Waals surface area contributed by atoms with Gasteiger partial charge in [-0.05, 0) is 38.1 Å². The minimum absolute atomic E-state index is 0.219. The van der Waals surface area contributed by atoms with Crippen LogP contribution < -0.4 is 4.31 Å². The molecule has 0 aliphatic carbocycles. The number of sulfonamides is 1. The Morgan fingerprint density at radius 3 is 2.17 bits per heavy atom. The fourth-order valence-corrected chi connectivity index (χ4v) is 4.24. The molecule has 5 nitrogen and oxygen atoms in total. The molecule has 0 atom stereocenters. The Balaban J connectivity index is 2.06. The first-order chi connectivity index (χ1) is 11.5. The molecule has 0 saturated carbocycles. The number of nitrogens with zero attached hydrogens (tertiary/aromatic N) is 3. The Kier molecular flexibility index (Phi) is 4.40. The lowest BCUT2D eigenvalue weighted by Gasteiger charge is -2.22. The molecule has 0 N–H and O–H groups in total. The quantitative estimate of drug-likeness (QED) is 0.715. The van der Waals surface area contributed by atoms with E-state index in [-0.39, 0.29) is 4.90 Å². The molecular formula is C18H19N3O2S. The van der Waals surface area contributed by atoms with Crippen molar-refractivity contribution in [1.82, 2.24) is 9.78 Å². The van der Waals surface area contributed by atoms with Crippen LogP contribution in [0.25, 0.3) is 5.69 Å². The highest BCUT2D eigenvalue weighted by Crippen LogP contribution is 2.25. The molecule has 0 fully saturated rings. The Morgan fingerprint density at radius 2 is 1.58 bits per heavy atom. The third kappa shape index (κ3) is 2.92. The van der Waals surface area contributed by atoms with Crippen LogP contribution in [0.4, 0.5) is 5.69 Å². The molecule has 0 radical (unpaired) electrons. The van der Waals surface area contributed by atoms with Gasteiger partial charge in [-0.3, -0.25) is 4.31 Å². The van der Waals surface area contributed by atoms with Crippen LogP contribution in [-0.2, 0) is 10.0 Å². The highest BCUT2D eigenvalue weighted by Gasteiger charge is 2.27. The van der Waals surface area contributed by atoms with Gasteiger partial charge in [0, 0.05) is 6.54 Å². The standard InChI is InChI=1S/C18H19N3O2S/c1-3-21(17-12-8-5-9-13-17)24(22,23)18-14-20(19-15(18)2)16-10-6-4-7-11-16/h4-14H,3H2,1-2H3. The van der Waals surface area contributed by atoms with Gasteiger partial charge in [0.1, 0.15) is 4.90 Å². The number of rotatable bonds is 5. The number of hydrogen-bond acceptors (Lipinski definition) is 3. The predicted molar refractivity (Wildman–Crippen MR) is 94.9 cm³/mol. The Labute approximate surface area is 142 Å². The summed E-state index contributed by atoms with van der Waals surface area (Å²) in [6, 6.07) is 18.6. The summed E-state index contributed by atoms with van der Waals surface area (Å²) in [5.74, 6) is 0. The maximum atomic E-state index is 13.1. The van der Waals surface area contributed by atoms with Gasteiger partial charge in [-0.15, -0.1) is 0 Å². The lowest BCUT2D eigenvalue weighted by molar-refractivity contribution is 0.591. The van der Waals surface area contributed by atoms with E-state index < -0.39 is 10.0 Å². The van der Waals surface area contributed by atoms with Crippen LogP contribution in [-0.4, -0.2) is 24.7 Å². The number of anilines is 1. The van der Waals surface area contributed by atoms with Crippen LogP contribution in [0.5, 0.6) is 0 Å². The van der Waals surface area contributed by atoms with Crippen molar-refractivity contribution in [3.63, 3.8) is 0 Å². The van der Waals surface area contributed by atoms with Gasteiger partial charge >= 0.3 is 0 Å². The van der Waals surface area contributed by atoms with Crippen LogP contribution >= 0.6 is 0 Å². The van der Waals surface area contributed by atoms with E-state index in [4.69, 9.17) is 0 Å². The maximum Gasteiger partial charge on any atom is 0.267 e. The molecule has 0 spiro atoms. The first-order valence-electron chi connectivity index (χ1n) is 7.73. The van der Waals surface area contributed by atoms with Gasteiger partial charge in [0.15, 0.2) is 0 Å². The van der Waals surface area contributed by atoms with E-state index in [2.05, 4.69) is 5.10 Å². The number of para-hydroxylation sites is 2. The van der Waals surface area contributed by atoms with Crippen molar-refractivity contribution < 1.29 is 8.42 Å². The zero-order chi connectivity index (χ0) is 17.2. The van der Waals surface area contributed by atoms with Crippen LogP contribution in [0, 0.1) is 6.92 Å². The fourth-order valence-electron chi connectivity index (χ4n) is 2.61. The van der Waals surface area contributed by atoms with Crippen LogP contribution in [0.3, 0.4) is 0 Å². The van der Waals surface area contributed by atoms with Crippen LogP contribution in [0.1, 0.15) is 12.6 Å². The Hall–Kier alpha value is -2.60. The molecular weight excluding hydrogens is 322 g/mol. The molecule has 24 heavy (non-hydrogen) atoms. The van der Waals surface area contributed by atoms with Crippen LogP contribution in [0.15, 0.2) is 71.8 Å². The van der Waals surface area contributed by atoms with Crippen molar-refractivity contribution in [1.29, 1.82) is 0 Å². The zero-order valence-electron chi connectivity index (χ0n) is 13.6. The van der Waals surface area contributed by atoms with E-state index in [0.29, 0.717) is 17.9 Å². The third-order valence-corrected chi connectivity index (χ3v) is 5.78. The van der Waals surface area contributed by atoms with E-state index in [0.717, 1.165) is 5.69 Å². The van der Waals surface area contributed by atoms with Crippen molar-refractivity contribution >= 4 is 15.7 Å². The highest BCUT2D eigenvalue weighted by atomic mass is 32.2. The second kappa shape index (κ2) is 6.49. The minimum atomic E-state index is -3.67. The van der Waals surface area contributed by atoms with Crippen LogP contribution in [0.2, 0.25) is 0 Å². The normalized spacial score (nSPS) is 11.4. The molecule has 3 aromatic rings. The summed E-state index contributed by atoms with van der Waals surface area (Å²) < 4.78 is 29.2. The third-order valence-electron chi connectivity index (χ3n) is 3.77. The van der Waals surface area contributed by atoms with Crippen molar-refractivity contribution in [2.45, 2.75) is 18.7 Å². The molecule has 3 rings (SSSR count). The summed E-state index contributed by atoms with van der Waals surface area (Å²) in [6.45, 7) is 3.88. The zero-order valence-corrected chi connectivity index (χ0v) is 14.4. The molecule has 0 bridgehead atoms. The summed E-state index contributed by atoms with van der Waals surface area (Å²) in [6.07, 6.45) is 1.58. The summed E-state index contributed by atoms with van der Waals surface area (Å²) in [7, 11) is -3.67. The largest absolute Gasteiger partial charge is 0.267 e. The number of benzene rings is 2. The molecule has 1 heterocycles. The van der Waals surface area contributed by atoms with E-state index in [9.17, 15) is 8.42 Å². The first-order valence-corrected chi connectivity index (χ1v) is 9.17. The topological polar surface area (TPSA) is 55.2 Å². The molecule has 0 saturated heterocycles. The lowest BCUT2D eigenvalue weighted by Crippen LogP contribution is -2.30. The number of aryl methyl sites for hydroxylation is 1. The molecule has 0 amide bonds. The molecule has 0 aliphatic heterocycles. The van der Waals surface area contributed by atoms with Crippen molar-refractivity contribution in [2.75, 3.05) is 10.8 Å². The van der Waals surface area contributed by atoms with E-state index in [1.165, 1.54) is 4.31 Å². The molecule has 0 unspecified atom stereocenters. The smallest absolute Gasteiger partial charge is 0.267 e. The monoisotopic (exact) mass is 341 g/mol. The van der Waals surface area contributed by atoms with Gasteiger partial charge in [-0.1, -0.05) is 36.4 Å². The Morgan fingerprint density at radius 1 is 1.00 bits per heavy atom. The van der Waals surface area contributed by atoms with Gasteiger partial charge in [0.05, 0.1) is 23.3 Å². The average molecular weight is 341 g/mol. The van der Waals surface area contributed by atoms with E-state index in [1.807, 2.05) is 55.5 Å². The summed E-state index contributed by atoms with van der Waals surface area (Å²) in [5, 5.41) is 4.37. The summed E-state index contributed by atoms with van der Waals surface area (Å²) in [5.41, 5.74) is 1.95. The second-order valence-corrected chi connectivity index (χ2v) is 7.19. The highest BCUT2D eigenvalue weighted by molar-refractivity contribution is 7.92. The molecule has 1 aromatic heterocycles. The van der Waals surface area contributed by atoms with Crippen molar-refractivity contribution in [3.8, 4) is 5.69 Å². The maximum absolute atomic E-state index is 13.1. The summed E-state index contributed by atoms with van der Waals surface area (Å²) in [4.78, 5) is 0.219. The lowest BCUT2D eigenvalue weighted by atomic mass is 10.3. The molecule has 124 valence electrons. The van der Waals surface area contributed by atoms with Crippen molar-refractivity contribution in [2.24, 2.45) is 0 Å². The molecule has 0 aliphatic rings. The average Bonchev–Trinajstić information content (AvgIpc) is 3.00. The SMILES string of the molecule is CCN(c1ccccc1)S(=O)(=O)c1cn(-c2ccccc2)nc1C. The fraction of sp³-hybridized carbons (Fsp3) is 0.167. The second-order valence-electron chi connectivity index (χ2n) is 5.36. The Bertz CT molecular complexity index is 919. The van der Waals surface area contributed by atoms with Gasteiger partial charge < -0.3 is 0 Å². The van der Waals surface area contributed by atoms with Crippen molar-refractivity contribution in [3.05, 3.63) is 72.6 Å². The first kappa shape index (κ1) is 16.3. The molecule has 2 aromatic carbocycles. The molecule has 6 heteroatoms. The van der Waals surface area contributed by atoms with E-state index >= 15 is 0 Å². The predicted octanol–water partition coefficient (Wildman–Crippen LogP) is 3.40. The summed E-state index contributed by atoms with van der Waals surface area (Å²) >= 11 is 0. The number of hydrogen-bond donors (Lipinski definition) is 0. The minimum Gasteiger partial charge on any atom is -0.267 e. The number of aromatic nitrogens is 2. The van der Waals surface area contributed by atoms with Gasteiger partial charge in [0.2, 0.25) is 0 Å². The van der Waals surface area contributed by atoms with Gasteiger partial charge in [-0.2, -0.15) is 5.10 Å². The van der Waals surface area contributed by atoms with Gasteiger partial charge in [0.25, 0.3) is 10.0 Å². The van der Waals surface area contributed by atoms with Gasteiger partial charge in [-0.25, -0.2) is 13.1 Å². The van der Waals surface area contributed by atoms with E-state index in [1.54, 1.807) is 29.9 Å².